The van der Waals surface area contributed by atoms with Crippen molar-refractivity contribution < 1.29 is 19.9 Å². The number of hydrogen-bond acceptors (Lipinski definition) is 6. The number of nitrogens with zero attached hydrogens (tertiary/aromatic N) is 2. The molecule has 4 aromatic rings. The molecule has 0 unspecified atom stereocenters. The number of rotatable bonds is 9. The molecule has 0 heterocycles. The van der Waals surface area contributed by atoms with E-state index in [2.05, 4.69) is 10.3 Å². The molecule has 0 aliphatic rings. The van der Waals surface area contributed by atoms with E-state index in [1.54, 1.807) is 36.4 Å². The Bertz CT molecular complexity index is 1170. The maximum absolute atomic E-state index is 9.95. The molecule has 0 bridgehead atoms. The van der Waals surface area contributed by atoms with Crippen molar-refractivity contribution >= 4 is 11.4 Å². The summed E-state index contributed by atoms with van der Waals surface area (Å²) in [5.41, 5.74) is 3.06. The highest BCUT2D eigenvalue weighted by molar-refractivity contribution is 6.54. The third kappa shape index (κ3) is 5.42. The zero-order valence-corrected chi connectivity index (χ0v) is 18.4. The number of benzene rings is 4. The second-order valence-corrected chi connectivity index (χ2v) is 7.44. The molecule has 0 amide bonds. The van der Waals surface area contributed by atoms with Crippen molar-refractivity contribution in [1.29, 1.82) is 0 Å². The minimum atomic E-state index is 0.0573. The minimum absolute atomic E-state index is 0.0573. The maximum atomic E-state index is 9.95. The predicted octanol–water partition coefficient (Wildman–Crippen LogP) is 5.90. The lowest BCUT2D eigenvalue weighted by Crippen LogP contribution is -2.19. The number of para-hydroxylation sites is 2. The molecular formula is C28H24N2O4. The van der Waals surface area contributed by atoms with Crippen LogP contribution in [0.25, 0.3) is 0 Å². The molecule has 2 N–H and O–H groups in total. The van der Waals surface area contributed by atoms with Gasteiger partial charge in [0.25, 0.3) is 0 Å². The van der Waals surface area contributed by atoms with Crippen molar-refractivity contribution in [2.24, 2.45) is 10.3 Å². The molecule has 0 fully saturated rings. The van der Waals surface area contributed by atoms with E-state index in [0.717, 1.165) is 11.1 Å². The van der Waals surface area contributed by atoms with Crippen LogP contribution in [0.2, 0.25) is 0 Å². The van der Waals surface area contributed by atoms with E-state index >= 15 is 0 Å². The van der Waals surface area contributed by atoms with Crippen LogP contribution in [0.3, 0.4) is 0 Å². The summed E-state index contributed by atoms with van der Waals surface area (Å²) < 4.78 is 12.0. The lowest BCUT2D eigenvalue weighted by atomic mass is 9.98. The number of oxime groups is 2. The van der Waals surface area contributed by atoms with Crippen LogP contribution in [-0.4, -0.2) is 21.8 Å². The van der Waals surface area contributed by atoms with Gasteiger partial charge in [0.15, 0.2) is 0 Å². The monoisotopic (exact) mass is 452 g/mol. The standard InChI is InChI=1S/C28H24N2O4/c31-29-27(23-15-7-9-17-25(23)33-19-21-11-3-1-4-12-21)28(30-32)24-16-8-10-18-26(24)34-20-22-13-5-2-6-14-22/h1-18,31-32H,19-20H2/b29-27-,30-28+. The first-order chi connectivity index (χ1) is 16.8. The SMILES string of the molecule is O/N=C(\C(=N\O)c1ccccc1OCc1ccccc1)c1ccccc1OCc1ccccc1. The van der Waals surface area contributed by atoms with Gasteiger partial charge in [-0.1, -0.05) is 95.2 Å². The molecular weight excluding hydrogens is 428 g/mol. The van der Waals surface area contributed by atoms with Crippen LogP contribution in [0.4, 0.5) is 0 Å². The quantitative estimate of drug-likeness (QED) is 0.188. The Morgan fingerprint density at radius 2 is 0.853 bits per heavy atom. The van der Waals surface area contributed by atoms with Gasteiger partial charge in [0, 0.05) is 11.1 Å². The molecule has 0 radical (unpaired) electrons. The summed E-state index contributed by atoms with van der Waals surface area (Å²) in [4.78, 5) is 0. The highest BCUT2D eigenvalue weighted by Crippen LogP contribution is 2.26. The summed E-state index contributed by atoms with van der Waals surface area (Å²) in [6.07, 6.45) is 0. The van der Waals surface area contributed by atoms with E-state index in [0.29, 0.717) is 35.8 Å². The van der Waals surface area contributed by atoms with Crippen molar-refractivity contribution in [2.45, 2.75) is 13.2 Å². The normalized spacial score (nSPS) is 11.8. The molecule has 0 aromatic heterocycles. The maximum Gasteiger partial charge on any atom is 0.143 e. The lowest BCUT2D eigenvalue weighted by molar-refractivity contribution is 0.301. The highest BCUT2D eigenvalue weighted by Gasteiger charge is 2.22. The van der Waals surface area contributed by atoms with Gasteiger partial charge in [0.05, 0.1) is 0 Å². The summed E-state index contributed by atoms with van der Waals surface area (Å²) in [6, 6.07) is 33.8. The van der Waals surface area contributed by atoms with E-state index in [1.165, 1.54) is 0 Å². The highest BCUT2D eigenvalue weighted by atomic mass is 16.5. The second kappa shape index (κ2) is 11.3. The molecule has 170 valence electrons. The predicted molar refractivity (Wildman–Crippen MR) is 131 cm³/mol. The van der Waals surface area contributed by atoms with Crippen LogP contribution in [-0.2, 0) is 13.2 Å². The van der Waals surface area contributed by atoms with E-state index in [-0.39, 0.29) is 11.4 Å². The van der Waals surface area contributed by atoms with Crippen molar-refractivity contribution in [3.63, 3.8) is 0 Å². The summed E-state index contributed by atoms with van der Waals surface area (Å²) in [7, 11) is 0. The van der Waals surface area contributed by atoms with E-state index in [9.17, 15) is 10.4 Å². The smallest absolute Gasteiger partial charge is 0.143 e. The van der Waals surface area contributed by atoms with Crippen molar-refractivity contribution in [1.82, 2.24) is 0 Å². The Morgan fingerprint density at radius 1 is 0.500 bits per heavy atom. The zero-order chi connectivity index (χ0) is 23.6. The third-order valence-electron chi connectivity index (χ3n) is 5.18. The van der Waals surface area contributed by atoms with Crippen LogP contribution in [0, 0.1) is 0 Å². The molecule has 0 saturated carbocycles. The van der Waals surface area contributed by atoms with Crippen LogP contribution in [0.1, 0.15) is 22.3 Å². The van der Waals surface area contributed by atoms with E-state index < -0.39 is 0 Å². The van der Waals surface area contributed by atoms with Crippen LogP contribution >= 0.6 is 0 Å². The van der Waals surface area contributed by atoms with Gasteiger partial charge >= 0.3 is 0 Å². The van der Waals surface area contributed by atoms with Crippen LogP contribution in [0.5, 0.6) is 11.5 Å². The first kappa shape index (κ1) is 22.6. The molecule has 4 aromatic carbocycles. The number of ether oxygens (including phenoxy) is 2. The fourth-order valence-electron chi connectivity index (χ4n) is 3.50. The summed E-state index contributed by atoms with van der Waals surface area (Å²) in [6.45, 7) is 0.665. The topological polar surface area (TPSA) is 83.6 Å². The Morgan fingerprint density at radius 3 is 1.24 bits per heavy atom. The molecule has 34 heavy (non-hydrogen) atoms. The second-order valence-electron chi connectivity index (χ2n) is 7.44. The molecule has 6 nitrogen and oxygen atoms in total. The van der Waals surface area contributed by atoms with Gasteiger partial charge in [0.1, 0.15) is 36.1 Å². The Hall–Kier alpha value is -4.58. The first-order valence-corrected chi connectivity index (χ1v) is 10.8. The first-order valence-electron chi connectivity index (χ1n) is 10.8. The molecule has 0 saturated heterocycles. The van der Waals surface area contributed by atoms with E-state index in [1.807, 2.05) is 72.8 Å². The summed E-state index contributed by atoms with van der Waals surface area (Å²) in [5, 5.41) is 26.8. The molecule has 6 heteroatoms. The minimum Gasteiger partial charge on any atom is -0.488 e. The number of hydrogen-bond donors (Lipinski definition) is 2. The van der Waals surface area contributed by atoms with Gasteiger partial charge in [-0.3, -0.25) is 0 Å². The third-order valence-corrected chi connectivity index (χ3v) is 5.18. The fraction of sp³-hybridized carbons (Fsp3) is 0.0714. The molecule has 4 rings (SSSR count). The molecule has 0 aliphatic heterocycles. The fourth-order valence-corrected chi connectivity index (χ4v) is 3.50. The van der Waals surface area contributed by atoms with Crippen molar-refractivity contribution in [3.05, 3.63) is 131 Å². The summed E-state index contributed by atoms with van der Waals surface area (Å²) >= 11 is 0. The van der Waals surface area contributed by atoms with Crippen LogP contribution in [0.15, 0.2) is 120 Å². The Kier molecular flexibility index (Phi) is 7.54. The summed E-state index contributed by atoms with van der Waals surface area (Å²) in [5.74, 6) is 0.978. The molecule has 0 atom stereocenters. The lowest BCUT2D eigenvalue weighted by Gasteiger charge is -2.16. The van der Waals surface area contributed by atoms with Gasteiger partial charge in [-0.15, -0.1) is 0 Å². The molecule has 0 aliphatic carbocycles. The van der Waals surface area contributed by atoms with Crippen LogP contribution < -0.4 is 9.47 Å². The van der Waals surface area contributed by atoms with Gasteiger partial charge in [-0.2, -0.15) is 0 Å². The van der Waals surface area contributed by atoms with Crippen molar-refractivity contribution in [3.8, 4) is 11.5 Å². The van der Waals surface area contributed by atoms with Crippen molar-refractivity contribution in [2.75, 3.05) is 0 Å². The Labute approximate surface area is 198 Å². The van der Waals surface area contributed by atoms with Gasteiger partial charge in [0.2, 0.25) is 0 Å². The van der Waals surface area contributed by atoms with Gasteiger partial charge in [-0.05, 0) is 35.4 Å². The average Bonchev–Trinajstić information content (AvgIpc) is 2.91. The average molecular weight is 453 g/mol. The molecule has 0 spiro atoms. The zero-order valence-electron chi connectivity index (χ0n) is 18.4. The largest absolute Gasteiger partial charge is 0.488 e. The van der Waals surface area contributed by atoms with Gasteiger partial charge in [-0.25, -0.2) is 0 Å². The van der Waals surface area contributed by atoms with Gasteiger partial charge < -0.3 is 19.9 Å². The van der Waals surface area contributed by atoms with E-state index in [4.69, 9.17) is 9.47 Å². The Balaban J connectivity index is 1.62.